The second-order valence-corrected chi connectivity index (χ2v) is 5.36. The molecule has 114 valence electrons. The molecule has 0 unspecified atom stereocenters. The van der Waals surface area contributed by atoms with E-state index in [1.54, 1.807) is 12.4 Å². The lowest BCUT2D eigenvalue weighted by Crippen LogP contribution is -2.29. The molecule has 1 fully saturated rings. The zero-order valence-corrected chi connectivity index (χ0v) is 12.4. The van der Waals surface area contributed by atoms with Gasteiger partial charge in [0.25, 0.3) is 0 Å². The van der Waals surface area contributed by atoms with E-state index in [1.165, 1.54) is 6.20 Å². The van der Waals surface area contributed by atoms with Gasteiger partial charge in [-0.1, -0.05) is 0 Å². The molecule has 1 aliphatic heterocycles. The third-order valence-corrected chi connectivity index (χ3v) is 3.89. The first kappa shape index (κ1) is 14.5. The van der Waals surface area contributed by atoms with Crippen LogP contribution >= 0.6 is 0 Å². The van der Waals surface area contributed by atoms with Gasteiger partial charge in [-0.2, -0.15) is 10.4 Å². The number of hydrogen-bond donors (Lipinski definition) is 1. The summed E-state index contributed by atoms with van der Waals surface area (Å²) in [5.41, 5.74) is 1.40. The normalized spacial score (nSPS) is 21.3. The molecule has 0 bridgehead atoms. The maximum atomic E-state index is 8.87. The van der Waals surface area contributed by atoms with Gasteiger partial charge < -0.3 is 10.1 Å². The van der Waals surface area contributed by atoms with Crippen LogP contribution in [0.4, 0.5) is 5.82 Å². The molecule has 2 aromatic heterocycles. The van der Waals surface area contributed by atoms with Crippen LogP contribution < -0.4 is 5.32 Å². The van der Waals surface area contributed by atoms with Crippen molar-refractivity contribution in [3.63, 3.8) is 0 Å². The highest BCUT2D eigenvalue weighted by Gasteiger charge is 2.29. The van der Waals surface area contributed by atoms with E-state index >= 15 is 0 Å². The number of aryl methyl sites for hydroxylation is 1. The summed E-state index contributed by atoms with van der Waals surface area (Å²) < 4.78 is 7.82. The zero-order valence-electron chi connectivity index (χ0n) is 12.4. The van der Waals surface area contributed by atoms with Crippen molar-refractivity contribution in [2.75, 3.05) is 18.5 Å². The third-order valence-electron chi connectivity index (χ3n) is 3.89. The molecule has 7 heteroatoms. The van der Waals surface area contributed by atoms with Crippen molar-refractivity contribution in [3.05, 3.63) is 36.0 Å². The van der Waals surface area contributed by atoms with Gasteiger partial charge in [-0.15, -0.1) is 0 Å². The Bertz CT molecular complexity index is 677. The van der Waals surface area contributed by atoms with Gasteiger partial charge in [0.15, 0.2) is 5.69 Å². The molecule has 3 rings (SSSR count). The van der Waals surface area contributed by atoms with Gasteiger partial charge in [0.1, 0.15) is 18.0 Å². The first-order valence-electron chi connectivity index (χ1n) is 7.33. The molecule has 0 saturated carbocycles. The number of hydrogen-bond acceptors (Lipinski definition) is 6. The average Bonchev–Trinajstić information content (AvgIpc) is 2.99. The summed E-state index contributed by atoms with van der Waals surface area (Å²) >= 11 is 0. The van der Waals surface area contributed by atoms with Crippen LogP contribution in [-0.2, 0) is 11.8 Å². The molecule has 0 aromatic carbocycles. The Hall–Kier alpha value is -2.46. The largest absolute Gasteiger partial charge is 0.372 e. The van der Waals surface area contributed by atoms with Crippen LogP contribution in [-0.4, -0.2) is 32.9 Å². The molecule has 3 heterocycles. The van der Waals surface area contributed by atoms with Gasteiger partial charge in [0.05, 0.1) is 18.1 Å². The molecular formula is C15H18N6O. The molecule has 2 atom stereocenters. The molecule has 0 amide bonds. The minimum atomic E-state index is 0.0286. The van der Waals surface area contributed by atoms with E-state index in [0.717, 1.165) is 31.7 Å². The summed E-state index contributed by atoms with van der Waals surface area (Å²) in [4.78, 5) is 8.20. The van der Waals surface area contributed by atoms with Gasteiger partial charge in [0.2, 0.25) is 0 Å². The Balaban J connectivity index is 1.69. The highest BCUT2D eigenvalue weighted by Crippen LogP contribution is 2.33. The van der Waals surface area contributed by atoms with Gasteiger partial charge in [-0.05, 0) is 18.9 Å². The van der Waals surface area contributed by atoms with Crippen molar-refractivity contribution in [2.45, 2.75) is 18.9 Å². The van der Waals surface area contributed by atoms with Gasteiger partial charge >= 0.3 is 0 Å². The fourth-order valence-electron chi connectivity index (χ4n) is 2.78. The number of nitrogens with zero attached hydrogens (tertiary/aromatic N) is 5. The number of aromatic nitrogens is 4. The number of nitrogens with one attached hydrogen (secondary N) is 1. The first-order chi connectivity index (χ1) is 10.8. The molecule has 1 aliphatic rings. The first-order valence-corrected chi connectivity index (χ1v) is 7.33. The van der Waals surface area contributed by atoms with Crippen LogP contribution in [0.15, 0.2) is 24.7 Å². The SMILES string of the molecule is Cn1nccc1[C@@H]1OCCC[C@H]1CNc1cncc(C#N)n1. The zero-order chi connectivity index (χ0) is 15.4. The monoisotopic (exact) mass is 298 g/mol. The lowest BCUT2D eigenvalue weighted by atomic mass is 9.92. The predicted molar refractivity (Wildman–Crippen MR) is 79.9 cm³/mol. The molecule has 1 saturated heterocycles. The van der Waals surface area contributed by atoms with E-state index in [0.29, 0.717) is 17.4 Å². The molecule has 0 spiro atoms. The average molecular weight is 298 g/mol. The maximum absolute atomic E-state index is 8.87. The molecule has 0 radical (unpaired) electrons. The van der Waals surface area contributed by atoms with Crippen LogP contribution in [0.2, 0.25) is 0 Å². The van der Waals surface area contributed by atoms with Crippen LogP contribution in [0.3, 0.4) is 0 Å². The lowest BCUT2D eigenvalue weighted by molar-refractivity contribution is -0.0284. The number of ether oxygens (including phenoxy) is 1. The van der Waals surface area contributed by atoms with E-state index < -0.39 is 0 Å². The number of nitriles is 1. The third kappa shape index (κ3) is 3.07. The van der Waals surface area contributed by atoms with E-state index in [2.05, 4.69) is 20.4 Å². The minimum absolute atomic E-state index is 0.0286. The van der Waals surface area contributed by atoms with Crippen molar-refractivity contribution >= 4 is 5.82 Å². The summed E-state index contributed by atoms with van der Waals surface area (Å²) in [6.07, 6.45) is 7.02. The fraction of sp³-hybridized carbons (Fsp3) is 0.467. The fourth-order valence-corrected chi connectivity index (χ4v) is 2.78. The molecule has 1 N–H and O–H groups in total. The Kier molecular flexibility index (Phi) is 4.30. The quantitative estimate of drug-likeness (QED) is 0.923. The van der Waals surface area contributed by atoms with Crippen molar-refractivity contribution in [3.8, 4) is 6.07 Å². The second kappa shape index (κ2) is 6.54. The number of anilines is 1. The summed E-state index contributed by atoms with van der Waals surface area (Å²) in [6, 6.07) is 3.99. The minimum Gasteiger partial charge on any atom is -0.372 e. The Morgan fingerprint density at radius 2 is 2.41 bits per heavy atom. The van der Waals surface area contributed by atoms with Crippen molar-refractivity contribution in [1.82, 2.24) is 19.7 Å². The van der Waals surface area contributed by atoms with Crippen LogP contribution in [0, 0.1) is 17.2 Å². The van der Waals surface area contributed by atoms with Crippen molar-refractivity contribution in [2.24, 2.45) is 13.0 Å². The van der Waals surface area contributed by atoms with Crippen molar-refractivity contribution < 1.29 is 4.74 Å². The van der Waals surface area contributed by atoms with Crippen LogP contribution in [0.5, 0.6) is 0 Å². The Morgan fingerprint density at radius 1 is 1.50 bits per heavy atom. The molecule has 2 aromatic rings. The van der Waals surface area contributed by atoms with Gasteiger partial charge in [-0.3, -0.25) is 9.67 Å². The van der Waals surface area contributed by atoms with Crippen LogP contribution in [0.1, 0.15) is 30.3 Å². The Labute approximate surface area is 129 Å². The standard InChI is InChI=1S/C15H18N6O/c1-21-13(4-5-19-21)15-11(3-2-6-22-15)8-18-14-10-17-9-12(7-16)20-14/h4-5,9-11,15H,2-3,6,8H2,1H3,(H,18,20)/t11-,15+/m0/s1. The highest BCUT2D eigenvalue weighted by molar-refractivity contribution is 5.34. The smallest absolute Gasteiger partial charge is 0.161 e. The van der Waals surface area contributed by atoms with E-state index in [4.69, 9.17) is 10.00 Å². The van der Waals surface area contributed by atoms with Crippen LogP contribution in [0.25, 0.3) is 0 Å². The van der Waals surface area contributed by atoms with E-state index in [-0.39, 0.29) is 6.10 Å². The molecule has 22 heavy (non-hydrogen) atoms. The molecule has 7 nitrogen and oxygen atoms in total. The van der Waals surface area contributed by atoms with Crippen molar-refractivity contribution in [1.29, 1.82) is 5.26 Å². The second-order valence-electron chi connectivity index (χ2n) is 5.36. The summed E-state index contributed by atoms with van der Waals surface area (Å²) in [6.45, 7) is 1.50. The lowest BCUT2D eigenvalue weighted by Gasteiger charge is -2.32. The Morgan fingerprint density at radius 3 is 3.18 bits per heavy atom. The molecular weight excluding hydrogens is 280 g/mol. The van der Waals surface area contributed by atoms with E-state index in [9.17, 15) is 0 Å². The van der Waals surface area contributed by atoms with Gasteiger partial charge in [0, 0.05) is 32.3 Å². The van der Waals surface area contributed by atoms with Gasteiger partial charge in [-0.25, -0.2) is 4.98 Å². The van der Waals surface area contributed by atoms with E-state index in [1.807, 2.05) is 23.9 Å². The number of rotatable bonds is 4. The highest BCUT2D eigenvalue weighted by atomic mass is 16.5. The predicted octanol–water partition coefficient (Wildman–Crippen LogP) is 1.66. The topological polar surface area (TPSA) is 88.6 Å². The molecule has 0 aliphatic carbocycles. The summed E-state index contributed by atoms with van der Waals surface area (Å²) in [5, 5.41) is 16.4. The summed E-state index contributed by atoms with van der Waals surface area (Å²) in [5.74, 6) is 0.949. The maximum Gasteiger partial charge on any atom is 0.161 e. The summed E-state index contributed by atoms with van der Waals surface area (Å²) in [7, 11) is 1.93.